The summed E-state index contributed by atoms with van der Waals surface area (Å²) in [5.41, 5.74) is 11.0. The van der Waals surface area contributed by atoms with Gasteiger partial charge in [-0.1, -0.05) is 140 Å². The van der Waals surface area contributed by atoms with E-state index in [2.05, 4.69) is 153 Å². The molecule has 0 atom stereocenters. The largest absolute Gasteiger partial charge is 0.455 e. The fourth-order valence-corrected chi connectivity index (χ4v) is 6.86. The highest BCUT2D eigenvalue weighted by atomic mass is 16.3. The lowest BCUT2D eigenvalue weighted by atomic mass is 9.82. The number of fused-ring (bicyclic) bond motifs is 5. The zero-order valence-electron chi connectivity index (χ0n) is 24.5. The number of allylic oxidation sites excluding steroid dienone is 1. The molecule has 7 aromatic carbocycles. The molecule has 0 amide bonds. The van der Waals surface area contributed by atoms with Crippen molar-refractivity contribution in [2.24, 2.45) is 0 Å². The molecule has 0 saturated carbocycles. The Bertz CT molecular complexity index is 2400. The lowest BCUT2D eigenvalue weighted by Crippen LogP contribution is -1.97. The zero-order chi connectivity index (χ0) is 29.6. The molecule has 1 heterocycles. The standard InChI is InChI=1S/C43H30O/c1-3-14-34-32(4-2)40(29-16-6-5-7-17-29)35-19-10-11-20-36(35)41(34)38-26-25-33(31-24-23-28-15-8-9-18-30(28)27-31)43-42(38)37-21-12-13-22-39(37)44-43/h3-27H,2H2,1H3/b14-3-. The molecular weight excluding hydrogens is 532 g/mol. The van der Waals surface area contributed by atoms with Gasteiger partial charge in [-0.05, 0) is 85.6 Å². The molecule has 0 aliphatic rings. The van der Waals surface area contributed by atoms with Gasteiger partial charge in [-0.2, -0.15) is 0 Å². The van der Waals surface area contributed by atoms with E-state index in [0.717, 1.165) is 49.8 Å². The van der Waals surface area contributed by atoms with Gasteiger partial charge < -0.3 is 4.42 Å². The predicted octanol–water partition coefficient (Wildman–Crippen LogP) is 12.6. The summed E-state index contributed by atoms with van der Waals surface area (Å²) in [7, 11) is 0. The van der Waals surface area contributed by atoms with Crippen molar-refractivity contribution < 1.29 is 4.42 Å². The van der Waals surface area contributed by atoms with E-state index in [1.165, 1.54) is 38.2 Å². The van der Waals surface area contributed by atoms with Gasteiger partial charge in [0, 0.05) is 16.3 Å². The minimum absolute atomic E-state index is 0.888. The van der Waals surface area contributed by atoms with Crippen molar-refractivity contribution in [1.29, 1.82) is 0 Å². The number of para-hydroxylation sites is 1. The second-order valence-corrected chi connectivity index (χ2v) is 11.2. The van der Waals surface area contributed by atoms with Crippen molar-refractivity contribution in [2.45, 2.75) is 6.92 Å². The molecule has 0 unspecified atom stereocenters. The van der Waals surface area contributed by atoms with Crippen LogP contribution >= 0.6 is 0 Å². The van der Waals surface area contributed by atoms with Gasteiger partial charge in [0.2, 0.25) is 0 Å². The maximum absolute atomic E-state index is 6.74. The van der Waals surface area contributed by atoms with Gasteiger partial charge >= 0.3 is 0 Å². The fourth-order valence-electron chi connectivity index (χ4n) is 6.86. The SMILES string of the molecule is C=Cc1c(/C=C\C)c(-c2ccc(-c3ccc4ccccc4c3)c3oc4ccccc4c23)c2ccccc2c1-c1ccccc1. The van der Waals surface area contributed by atoms with Crippen LogP contribution in [-0.4, -0.2) is 0 Å². The Morgan fingerprint density at radius 2 is 1.20 bits per heavy atom. The first-order valence-electron chi connectivity index (χ1n) is 15.1. The number of benzene rings is 7. The Morgan fingerprint density at radius 1 is 0.545 bits per heavy atom. The molecular formula is C43H30O. The maximum atomic E-state index is 6.74. The van der Waals surface area contributed by atoms with Crippen molar-refractivity contribution >= 4 is 55.6 Å². The molecule has 0 radical (unpaired) electrons. The van der Waals surface area contributed by atoms with Gasteiger partial charge in [0.1, 0.15) is 11.2 Å². The Hall–Kier alpha value is -5.66. The first kappa shape index (κ1) is 26.0. The zero-order valence-corrected chi connectivity index (χ0v) is 24.5. The predicted molar refractivity (Wildman–Crippen MR) is 190 cm³/mol. The molecule has 0 N–H and O–H groups in total. The van der Waals surface area contributed by atoms with Gasteiger partial charge in [-0.3, -0.25) is 0 Å². The van der Waals surface area contributed by atoms with Gasteiger partial charge in [0.05, 0.1) is 0 Å². The van der Waals surface area contributed by atoms with Crippen LogP contribution < -0.4 is 0 Å². The lowest BCUT2D eigenvalue weighted by Gasteiger charge is -2.21. The average Bonchev–Trinajstić information content (AvgIpc) is 3.48. The lowest BCUT2D eigenvalue weighted by molar-refractivity contribution is 0.670. The topological polar surface area (TPSA) is 13.1 Å². The van der Waals surface area contributed by atoms with Crippen molar-refractivity contribution in [1.82, 2.24) is 0 Å². The van der Waals surface area contributed by atoms with Crippen molar-refractivity contribution in [2.75, 3.05) is 0 Å². The van der Waals surface area contributed by atoms with Crippen LogP contribution in [0, 0.1) is 0 Å². The third-order valence-corrected chi connectivity index (χ3v) is 8.75. The first-order chi connectivity index (χ1) is 21.8. The summed E-state index contributed by atoms with van der Waals surface area (Å²) in [6.45, 7) is 6.41. The first-order valence-corrected chi connectivity index (χ1v) is 15.1. The van der Waals surface area contributed by atoms with E-state index in [1.807, 2.05) is 12.1 Å². The summed E-state index contributed by atoms with van der Waals surface area (Å²) < 4.78 is 6.74. The van der Waals surface area contributed by atoms with Crippen LogP contribution in [0.3, 0.4) is 0 Å². The molecule has 0 saturated heterocycles. The highest BCUT2D eigenvalue weighted by Crippen LogP contribution is 2.48. The molecule has 208 valence electrons. The number of hydrogen-bond acceptors (Lipinski definition) is 1. The minimum Gasteiger partial charge on any atom is -0.455 e. The van der Waals surface area contributed by atoms with Gasteiger partial charge in [-0.25, -0.2) is 0 Å². The smallest absolute Gasteiger partial charge is 0.143 e. The van der Waals surface area contributed by atoms with Crippen molar-refractivity contribution in [3.05, 3.63) is 157 Å². The molecule has 0 aliphatic heterocycles. The van der Waals surface area contributed by atoms with E-state index in [0.29, 0.717) is 0 Å². The molecule has 0 bridgehead atoms. The summed E-state index contributed by atoms with van der Waals surface area (Å²) in [6.07, 6.45) is 6.38. The van der Waals surface area contributed by atoms with E-state index in [9.17, 15) is 0 Å². The number of rotatable bonds is 5. The number of furan rings is 1. The molecule has 44 heavy (non-hydrogen) atoms. The third kappa shape index (κ3) is 4.01. The van der Waals surface area contributed by atoms with Crippen LogP contribution in [0.4, 0.5) is 0 Å². The summed E-state index contributed by atoms with van der Waals surface area (Å²) in [5, 5.41) is 7.09. The van der Waals surface area contributed by atoms with Crippen LogP contribution in [0.25, 0.3) is 89.0 Å². The fraction of sp³-hybridized carbons (Fsp3) is 0.0233. The van der Waals surface area contributed by atoms with Crippen LogP contribution in [0.15, 0.2) is 151 Å². The molecule has 1 nitrogen and oxygen atoms in total. The van der Waals surface area contributed by atoms with Gasteiger partial charge in [0.15, 0.2) is 0 Å². The molecule has 0 aliphatic carbocycles. The Labute approximate surface area is 257 Å². The quantitative estimate of drug-likeness (QED) is 0.203. The van der Waals surface area contributed by atoms with Crippen LogP contribution in [0.1, 0.15) is 18.1 Å². The second kappa shape index (κ2) is 10.6. The van der Waals surface area contributed by atoms with Crippen molar-refractivity contribution in [3.63, 3.8) is 0 Å². The highest BCUT2D eigenvalue weighted by Gasteiger charge is 2.23. The summed E-state index contributed by atoms with van der Waals surface area (Å²) in [4.78, 5) is 0. The van der Waals surface area contributed by atoms with Crippen LogP contribution in [-0.2, 0) is 0 Å². The molecule has 0 spiro atoms. The highest BCUT2D eigenvalue weighted by molar-refractivity contribution is 6.21. The van der Waals surface area contributed by atoms with Crippen LogP contribution in [0.5, 0.6) is 0 Å². The summed E-state index contributed by atoms with van der Waals surface area (Å²) in [5.74, 6) is 0. The number of hydrogen-bond donors (Lipinski definition) is 0. The van der Waals surface area contributed by atoms with E-state index in [4.69, 9.17) is 4.42 Å². The monoisotopic (exact) mass is 562 g/mol. The third-order valence-electron chi connectivity index (χ3n) is 8.75. The second-order valence-electron chi connectivity index (χ2n) is 11.2. The van der Waals surface area contributed by atoms with Gasteiger partial charge in [-0.15, -0.1) is 0 Å². The Kier molecular flexibility index (Phi) is 6.24. The Balaban J connectivity index is 1.52. The van der Waals surface area contributed by atoms with E-state index >= 15 is 0 Å². The molecule has 1 heteroatoms. The molecule has 8 rings (SSSR count). The minimum atomic E-state index is 0.888. The molecule has 0 fully saturated rings. The van der Waals surface area contributed by atoms with E-state index in [1.54, 1.807) is 0 Å². The summed E-state index contributed by atoms with van der Waals surface area (Å²) >= 11 is 0. The summed E-state index contributed by atoms with van der Waals surface area (Å²) in [6, 6.07) is 47.5. The molecule has 1 aromatic heterocycles. The van der Waals surface area contributed by atoms with E-state index < -0.39 is 0 Å². The van der Waals surface area contributed by atoms with E-state index in [-0.39, 0.29) is 0 Å². The Morgan fingerprint density at radius 3 is 1.98 bits per heavy atom. The van der Waals surface area contributed by atoms with Crippen LogP contribution in [0.2, 0.25) is 0 Å². The normalized spacial score (nSPS) is 11.8. The average molecular weight is 563 g/mol. The van der Waals surface area contributed by atoms with Crippen molar-refractivity contribution in [3.8, 4) is 33.4 Å². The van der Waals surface area contributed by atoms with Gasteiger partial charge in [0.25, 0.3) is 0 Å². The maximum Gasteiger partial charge on any atom is 0.143 e. The molecule has 8 aromatic rings.